The fourth-order valence-electron chi connectivity index (χ4n) is 1.52. The zero-order chi connectivity index (χ0) is 14.5. The van der Waals surface area contributed by atoms with Crippen molar-refractivity contribution in [2.24, 2.45) is 5.73 Å². The van der Waals surface area contributed by atoms with Gasteiger partial charge >= 0.3 is 0 Å². The van der Waals surface area contributed by atoms with Gasteiger partial charge in [-0.3, -0.25) is 0 Å². The summed E-state index contributed by atoms with van der Waals surface area (Å²) < 4.78 is 41.4. The molecule has 0 aliphatic heterocycles. The first-order valence-corrected chi connectivity index (χ1v) is 8.06. The lowest BCUT2D eigenvalue weighted by Gasteiger charge is -2.10. The van der Waals surface area contributed by atoms with Crippen LogP contribution in [-0.4, -0.2) is 26.5 Å². The number of halogens is 1. The second-order valence-electron chi connectivity index (χ2n) is 4.42. The van der Waals surface area contributed by atoms with Gasteiger partial charge < -0.3 is 10.5 Å². The van der Waals surface area contributed by atoms with Crippen LogP contribution in [0.25, 0.3) is 0 Å². The predicted octanol–water partition coefficient (Wildman–Crippen LogP) is 2.05. The summed E-state index contributed by atoms with van der Waals surface area (Å²) in [7, 11) is -2.99. The number of ether oxygens (including phenoxy) is 1. The normalized spacial score (nSPS) is 13.3. The summed E-state index contributed by atoms with van der Waals surface area (Å²) in [5.41, 5.74) is 6.34. The van der Waals surface area contributed by atoms with Crippen LogP contribution < -0.4 is 10.5 Å². The fraction of sp³-hybridized carbons (Fsp3) is 0.538. The van der Waals surface area contributed by atoms with Crippen LogP contribution in [0, 0.1) is 5.82 Å². The minimum absolute atomic E-state index is 0.0586. The van der Waals surface area contributed by atoms with Gasteiger partial charge in [-0.25, -0.2) is 12.8 Å². The summed E-state index contributed by atoms with van der Waals surface area (Å²) in [5.74, 6) is -0.181. The Morgan fingerprint density at radius 1 is 1.42 bits per heavy atom. The molecule has 0 unspecified atom stereocenters. The van der Waals surface area contributed by atoms with E-state index in [2.05, 4.69) is 0 Å². The molecule has 6 heteroatoms. The molecule has 0 aliphatic carbocycles. The van der Waals surface area contributed by atoms with Gasteiger partial charge in [-0.05, 0) is 31.0 Å². The summed E-state index contributed by atoms with van der Waals surface area (Å²) >= 11 is 0. The van der Waals surface area contributed by atoms with Gasteiger partial charge in [0.25, 0.3) is 0 Å². The molecule has 2 N–H and O–H groups in total. The average Bonchev–Trinajstić information content (AvgIpc) is 2.36. The zero-order valence-corrected chi connectivity index (χ0v) is 12.0. The van der Waals surface area contributed by atoms with Crippen molar-refractivity contribution in [1.29, 1.82) is 0 Å². The van der Waals surface area contributed by atoms with Crippen LogP contribution in [0.1, 0.15) is 31.9 Å². The third kappa shape index (κ3) is 5.16. The van der Waals surface area contributed by atoms with Crippen LogP contribution in [-0.2, 0) is 9.84 Å². The quantitative estimate of drug-likeness (QED) is 0.780. The van der Waals surface area contributed by atoms with Crippen LogP contribution in [0.4, 0.5) is 4.39 Å². The van der Waals surface area contributed by atoms with Crippen molar-refractivity contribution in [2.45, 2.75) is 26.3 Å². The van der Waals surface area contributed by atoms with E-state index in [0.717, 1.165) is 0 Å². The molecule has 0 bridgehead atoms. The molecule has 0 amide bonds. The maximum atomic E-state index is 13.6. The Bertz CT molecular complexity index is 515. The topological polar surface area (TPSA) is 69.4 Å². The Hall–Kier alpha value is -1.14. The van der Waals surface area contributed by atoms with Crippen molar-refractivity contribution in [2.75, 3.05) is 18.1 Å². The first kappa shape index (κ1) is 15.9. The molecule has 0 spiro atoms. The number of sulfone groups is 1. The van der Waals surface area contributed by atoms with E-state index >= 15 is 0 Å². The van der Waals surface area contributed by atoms with Gasteiger partial charge in [0.05, 0.1) is 12.4 Å². The molecule has 0 saturated heterocycles. The first-order chi connectivity index (χ1) is 8.85. The van der Waals surface area contributed by atoms with Gasteiger partial charge in [-0.1, -0.05) is 13.0 Å². The van der Waals surface area contributed by atoms with Crippen molar-refractivity contribution in [3.63, 3.8) is 0 Å². The first-order valence-electron chi connectivity index (χ1n) is 6.24. The van der Waals surface area contributed by atoms with Crippen molar-refractivity contribution in [1.82, 2.24) is 0 Å². The molecule has 0 aromatic heterocycles. The molecule has 1 aromatic carbocycles. The highest BCUT2D eigenvalue weighted by atomic mass is 32.2. The van der Waals surface area contributed by atoms with Crippen LogP contribution >= 0.6 is 0 Å². The van der Waals surface area contributed by atoms with E-state index in [1.807, 2.05) is 0 Å². The second-order valence-corrected chi connectivity index (χ2v) is 6.89. The summed E-state index contributed by atoms with van der Waals surface area (Å²) in [4.78, 5) is 0. The van der Waals surface area contributed by atoms with Crippen molar-refractivity contribution in [3.8, 4) is 5.75 Å². The largest absolute Gasteiger partial charge is 0.490 e. The van der Waals surface area contributed by atoms with E-state index < -0.39 is 15.7 Å². The molecule has 4 nitrogen and oxygen atoms in total. The maximum Gasteiger partial charge on any atom is 0.165 e. The number of rotatable bonds is 7. The molecular formula is C13H20FNO3S. The molecule has 19 heavy (non-hydrogen) atoms. The third-order valence-corrected chi connectivity index (χ3v) is 4.57. The molecule has 108 valence electrons. The van der Waals surface area contributed by atoms with E-state index in [9.17, 15) is 12.8 Å². The number of benzene rings is 1. The molecule has 0 heterocycles. The Labute approximate surface area is 113 Å². The Morgan fingerprint density at radius 3 is 2.63 bits per heavy atom. The van der Waals surface area contributed by atoms with Gasteiger partial charge in [0.15, 0.2) is 11.6 Å². The van der Waals surface area contributed by atoms with Crippen LogP contribution in [0.2, 0.25) is 0 Å². The molecule has 1 atom stereocenters. The highest BCUT2D eigenvalue weighted by Gasteiger charge is 2.09. The van der Waals surface area contributed by atoms with Gasteiger partial charge in [0.1, 0.15) is 9.84 Å². The van der Waals surface area contributed by atoms with Gasteiger partial charge in [-0.2, -0.15) is 0 Å². The number of nitrogens with two attached hydrogens (primary N) is 1. The van der Waals surface area contributed by atoms with Gasteiger partial charge in [0, 0.05) is 11.8 Å². The van der Waals surface area contributed by atoms with Crippen molar-refractivity contribution < 1.29 is 17.5 Å². The SMILES string of the molecule is CCS(=O)(=O)CCCOc1ccc([C@@H](C)N)cc1F. The zero-order valence-electron chi connectivity index (χ0n) is 11.2. The molecular weight excluding hydrogens is 269 g/mol. The van der Waals surface area contributed by atoms with Gasteiger partial charge in [-0.15, -0.1) is 0 Å². The molecule has 0 saturated carbocycles. The summed E-state index contributed by atoms with van der Waals surface area (Å²) in [5, 5.41) is 0. The Balaban J connectivity index is 2.50. The summed E-state index contributed by atoms with van der Waals surface area (Å²) in [6.07, 6.45) is 0.352. The molecule has 0 fully saturated rings. The van der Waals surface area contributed by atoms with E-state index in [0.29, 0.717) is 12.0 Å². The number of hydrogen-bond donors (Lipinski definition) is 1. The van der Waals surface area contributed by atoms with Crippen LogP contribution in [0.15, 0.2) is 18.2 Å². The Morgan fingerprint density at radius 2 is 2.11 bits per heavy atom. The fourth-order valence-corrected chi connectivity index (χ4v) is 2.37. The van der Waals surface area contributed by atoms with Crippen molar-refractivity contribution >= 4 is 9.84 Å². The molecule has 1 aromatic rings. The smallest absolute Gasteiger partial charge is 0.165 e. The molecule has 1 rings (SSSR count). The third-order valence-electron chi connectivity index (χ3n) is 2.78. The lowest BCUT2D eigenvalue weighted by atomic mass is 10.1. The monoisotopic (exact) mass is 289 g/mol. The van der Waals surface area contributed by atoms with Crippen molar-refractivity contribution in [3.05, 3.63) is 29.6 Å². The summed E-state index contributed by atoms with van der Waals surface area (Å²) in [6.45, 7) is 3.54. The predicted molar refractivity (Wildman–Crippen MR) is 73.4 cm³/mol. The highest BCUT2D eigenvalue weighted by Crippen LogP contribution is 2.21. The van der Waals surface area contributed by atoms with Crippen LogP contribution in [0.3, 0.4) is 0 Å². The standard InChI is InChI=1S/C13H20FNO3S/c1-3-19(16,17)8-4-7-18-13-6-5-11(10(2)15)9-12(13)14/h5-6,9-10H,3-4,7-8,15H2,1-2H3/t10-/m1/s1. The van der Waals surface area contributed by atoms with E-state index in [1.54, 1.807) is 19.9 Å². The molecule has 0 radical (unpaired) electrons. The molecule has 0 aliphatic rings. The summed E-state index contributed by atoms with van der Waals surface area (Å²) in [6, 6.07) is 4.31. The van der Waals surface area contributed by atoms with E-state index in [-0.39, 0.29) is 29.9 Å². The second kappa shape index (κ2) is 6.86. The lowest BCUT2D eigenvalue weighted by molar-refractivity contribution is 0.301. The lowest BCUT2D eigenvalue weighted by Crippen LogP contribution is -2.12. The minimum Gasteiger partial charge on any atom is -0.490 e. The minimum atomic E-state index is -2.99. The Kier molecular flexibility index (Phi) is 5.75. The van der Waals surface area contributed by atoms with Gasteiger partial charge in [0.2, 0.25) is 0 Å². The van der Waals surface area contributed by atoms with E-state index in [1.165, 1.54) is 12.1 Å². The maximum absolute atomic E-state index is 13.6. The number of hydrogen-bond acceptors (Lipinski definition) is 4. The van der Waals surface area contributed by atoms with E-state index in [4.69, 9.17) is 10.5 Å². The highest BCUT2D eigenvalue weighted by molar-refractivity contribution is 7.91. The van der Waals surface area contributed by atoms with Crippen LogP contribution in [0.5, 0.6) is 5.75 Å². The average molecular weight is 289 g/mol.